The van der Waals surface area contributed by atoms with Crippen LogP contribution in [0.1, 0.15) is 78.1 Å². The number of aryl methyl sites for hydroxylation is 4. The molecule has 0 spiro atoms. The Labute approximate surface area is 342 Å². The molecule has 6 aromatic rings. The molecule has 58 heavy (non-hydrogen) atoms. The maximum Gasteiger partial charge on any atom is 0.410 e. The van der Waals surface area contributed by atoms with Crippen molar-refractivity contribution in [1.29, 1.82) is 0 Å². The quantitative estimate of drug-likeness (QED) is 0.130. The zero-order valence-corrected chi connectivity index (χ0v) is 35.5. The van der Waals surface area contributed by atoms with Crippen molar-refractivity contribution in [3.63, 3.8) is 0 Å². The summed E-state index contributed by atoms with van der Waals surface area (Å²) >= 11 is 0. The number of aldehydes is 1. The Morgan fingerprint density at radius 3 is 1.78 bits per heavy atom. The van der Waals surface area contributed by atoms with Crippen LogP contribution in [-0.2, 0) is 40.2 Å². The van der Waals surface area contributed by atoms with E-state index in [0.29, 0.717) is 19.0 Å². The Bertz CT molecular complexity index is 2610. The molecule has 1 amide bonds. The van der Waals surface area contributed by atoms with Gasteiger partial charge in [-0.3, -0.25) is 4.90 Å². The van der Waals surface area contributed by atoms with Crippen molar-refractivity contribution in [3.8, 4) is 11.5 Å². The molecule has 0 saturated carbocycles. The lowest BCUT2D eigenvalue weighted by molar-refractivity contribution is -0.109. The third-order valence-electron chi connectivity index (χ3n) is 12.4. The molecule has 0 bridgehead atoms. The predicted octanol–water partition coefficient (Wildman–Crippen LogP) is 10.6. The van der Waals surface area contributed by atoms with E-state index in [1.54, 1.807) is 19.1 Å². The smallest absolute Gasteiger partial charge is 0.410 e. The second-order valence-electron chi connectivity index (χ2n) is 17.5. The van der Waals surface area contributed by atoms with Crippen molar-refractivity contribution in [2.45, 2.75) is 105 Å². The molecule has 3 aliphatic heterocycles. The van der Waals surface area contributed by atoms with Crippen LogP contribution in [0.5, 0.6) is 11.5 Å². The number of carbonyl (C=O) groups is 2. The van der Waals surface area contributed by atoms with Gasteiger partial charge in [0.05, 0.1) is 27.5 Å². The fraction of sp³-hybridized carbons (Fsp3) is 0.400. The van der Waals surface area contributed by atoms with Gasteiger partial charge in [-0.15, -0.1) is 0 Å². The Morgan fingerprint density at radius 1 is 0.707 bits per heavy atom. The first-order valence-corrected chi connectivity index (χ1v) is 20.6. The van der Waals surface area contributed by atoms with E-state index in [0.717, 1.165) is 72.4 Å². The number of carbonyl (C=O) groups excluding carboxylic acids is 2. The summed E-state index contributed by atoms with van der Waals surface area (Å²) in [6, 6.07) is 22.6. The van der Waals surface area contributed by atoms with Crippen LogP contribution in [0.25, 0.3) is 43.1 Å². The standard InChI is InChI=1S/C27H31NO4.C23H25NO2/c1-16-7-8-19-20(11-16)21-12-17(2)25(31-6)14-23(21)22-13-18(9-10-29)28(15-24(19)22)26(30)32-27(3,4)5;1-14-4-5-17-18(8-14)19-9-15(2)23(25-3)11-21(19)20-10-16-6-7-26-13-24(16)12-22(17)20/h7-8,10-12,14,18H,9,13,15H2,1-6H3;4-5,8-9,11,16H,6-7,10,12-13H2,1-3H3/t18-;16-/m11/s1. The minimum absolute atomic E-state index is 0.242. The van der Waals surface area contributed by atoms with E-state index in [9.17, 15) is 9.59 Å². The Morgan fingerprint density at radius 2 is 1.24 bits per heavy atom. The predicted molar refractivity (Wildman–Crippen MR) is 233 cm³/mol. The molecule has 8 nitrogen and oxygen atoms in total. The molecule has 2 atom stereocenters. The lowest BCUT2D eigenvalue weighted by atomic mass is 9.83. The molecular formula is C50H56N2O6. The fourth-order valence-corrected chi connectivity index (χ4v) is 9.56. The highest BCUT2D eigenvalue weighted by Crippen LogP contribution is 2.43. The normalized spacial score (nSPS) is 18.0. The van der Waals surface area contributed by atoms with E-state index < -0.39 is 5.60 Å². The third-order valence-corrected chi connectivity index (χ3v) is 12.4. The van der Waals surface area contributed by atoms with Gasteiger partial charge in [-0.1, -0.05) is 47.5 Å². The molecule has 0 unspecified atom stereocenters. The largest absolute Gasteiger partial charge is 0.496 e. The molecule has 302 valence electrons. The summed E-state index contributed by atoms with van der Waals surface area (Å²) in [6.07, 6.45) is 3.61. The first-order chi connectivity index (χ1) is 27.8. The van der Waals surface area contributed by atoms with E-state index in [2.05, 4.69) is 93.3 Å². The van der Waals surface area contributed by atoms with Crippen LogP contribution in [0.15, 0.2) is 60.7 Å². The molecule has 6 aromatic carbocycles. The number of rotatable bonds is 4. The van der Waals surface area contributed by atoms with E-state index in [4.69, 9.17) is 18.9 Å². The van der Waals surface area contributed by atoms with Crippen LogP contribution < -0.4 is 9.47 Å². The number of hydrogen-bond acceptors (Lipinski definition) is 7. The van der Waals surface area contributed by atoms with E-state index >= 15 is 0 Å². The van der Waals surface area contributed by atoms with Crippen molar-refractivity contribution >= 4 is 55.5 Å². The Balaban J connectivity index is 0.000000165. The monoisotopic (exact) mass is 780 g/mol. The number of benzene rings is 6. The van der Waals surface area contributed by atoms with E-state index in [1.165, 1.54) is 65.7 Å². The average molecular weight is 781 g/mol. The summed E-state index contributed by atoms with van der Waals surface area (Å²) < 4.78 is 22.7. The Hall–Kier alpha value is -5.18. The Kier molecular flexibility index (Phi) is 10.6. The summed E-state index contributed by atoms with van der Waals surface area (Å²) in [5.74, 6) is 1.83. The maximum atomic E-state index is 13.1. The highest BCUT2D eigenvalue weighted by Gasteiger charge is 2.35. The van der Waals surface area contributed by atoms with Gasteiger partial charge < -0.3 is 28.6 Å². The highest BCUT2D eigenvalue weighted by atomic mass is 16.6. The molecule has 1 saturated heterocycles. The molecule has 8 heteroatoms. The van der Waals surface area contributed by atoms with E-state index in [-0.39, 0.29) is 18.6 Å². The van der Waals surface area contributed by atoms with Gasteiger partial charge in [0.25, 0.3) is 0 Å². The average Bonchev–Trinajstić information content (AvgIpc) is 3.19. The van der Waals surface area contributed by atoms with Gasteiger partial charge in [-0.2, -0.15) is 0 Å². The van der Waals surface area contributed by atoms with Crippen LogP contribution in [0, 0.1) is 27.7 Å². The molecule has 3 aliphatic rings. The van der Waals surface area contributed by atoms with Gasteiger partial charge >= 0.3 is 6.09 Å². The first-order valence-electron chi connectivity index (χ1n) is 20.6. The number of hydrogen-bond donors (Lipinski definition) is 0. The zero-order chi connectivity index (χ0) is 41.0. The van der Waals surface area contributed by atoms with E-state index in [1.807, 2.05) is 20.8 Å². The number of methoxy groups -OCH3 is 2. The van der Waals surface area contributed by atoms with Crippen LogP contribution in [0.4, 0.5) is 4.79 Å². The number of nitrogens with zero attached hydrogens (tertiary/aromatic N) is 2. The number of fused-ring (bicyclic) bond motifs is 13. The van der Waals surface area contributed by atoms with Gasteiger partial charge in [-0.25, -0.2) is 4.79 Å². The fourth-order valence-electron chi connectivity index (χ4n) is 9.56. The SMILES string of the molecule is COc1cc2c3c(c4ccc(C)cc4c2cc1C)CN(C(=O)OC(C)(C)C)[C@H](CC=O)C3.COc1cc2c3c(c4ccc(C)cc4c2cc1C)CN1COCC[C@@H]1C3. The van der Waals surface area contributed by atoms with Gasteiger partial charge in [-0.05, 0) is 168 Å². The molecule has 0 radical (unpaired) electrons. The first kappa shape index (κ1) is 39.6. The molecular weight excluding hydrogens is 725 g/mol. The second-order valence-corrected chi connectivity index (χ2v) is 17.5. The van der Waals surface area contributed by atoms with Gasteiger partial charge in [0.2, 0.25) is 0 Å². The van der Waals surface area contributed by atoms with Crippen molar-refractivity contribution in [3.05, 3.63) is 105 Å². The molecule has 9 rings (SSSR count). The minimum Gasteiger partial charge on any atom is -0.496 e. The van der Waals surface area contributed by atoms with Crippen molar-refractivity contribution in [2.24, 2.45) is 0 Å². The van der Waals surface area contributed by atoms with Crippen LogP contribution in [-0.4, -0.2) is 67.4 Å². The van der Waals surface area contributed by atoms with Gasteiger partial charge in [0.15, 0.2) is 0 Å². The number of amides is 1. The minimum atomic E-state index is -0.601. The lowest BCUT2D eigenvalue weighted by Gasteiger charge is -2.40. The van der Waals surface area contributed by atoms with Crippen molar-refractivity contribution in [1.82, 2.24) is 9.80 Å². The molecule has 3 heterocycles. The number of ether oxygens (including phenoxy) is 4. The van der Waals surface area contributed by atoms with Crippen molar-refractivity contribution < 1.29 is 28.5 Å². The summed E-state index contributed by atoms with van der Waals surface area (Å²) in [5.41, 5.74) is 9.46. The summed E-state index contributed by atoms with van der Waals surface area (Å²) in [4.78, 5) is 28.8. The van der Waals surface area contributed by atoms with Crippen molar-refractivity contribution in [2.75, 3.05) is 27.6 Å². The lowest BCUT2D eigenvalue weighted by Crippen LogP contribution is -2.46. The maximum absolute atomic E-state index is 13.1. The van der Waals surface area contributed by atoms with Crippen LogP contribution in [0.3, 0.4) is 0 Å². The van der Waals surface area contributed by atoms with Crippen LogP contribution in [0.2, 0.25) is 0 Å². The summed E-state index contributed by atoms with van der Waals surface area (Å²) in [5, 5.41) is 10.1. The third kappa shape index (κ3) is 7.26. The molecule has 0 N–H and O–H groups in total. The summed E-state index contributed by atoms with van der Waals surface area (Å²) in [6.45, 7) is 17.1. The molecule has 0 aromatic heterocycles. The highest BCUT2D eigenvalue weighted by molar-refractivity contribution is 6.13. The van der Waals surface area contributed by atoms with Gasteiger partial charge in [0, 0.05) is 31.7 Å². The topological polar surface area (TPSA) is 77.5 Å². The second kappa shape index (κ2) is 15.5. The van der Waals surface area contributed by atoms with Crippen LogP contribution >= 0.6 is 0 Å². The zero-order valence-electron chi connectivity index (χ0n) is 35.5. The summed E-state index contributed by atoms with van der Waals surface area (Å²) in [7, 11) is 3.46. The molecule has 0 aliphatic carbocycles. The van der Waals surface area contributed by atoms with Gasteiger partial charge in [0.1, 0.15) is 23.4 Å². The molecule has 1 fully saturated rings.